The first kappa shape index (κ1) is 13.2. The van der Waals surface area contributed by atoms with Crippen LogP contribution < -0.4 is 11.1 Å². The summed E-state index contributed by atoms with van der Waals surface area (Å²) in [6.45, 7) is 1.67. The number of amides is 1. The van der Waals surface area contributed by atoms with Crippen molar-refractivity contribution in [3.8, 4) is 0 Å². The predicted molar refractivity (Wildman–Crippen MR) is 81.8 cm³/mol. The minimum absolute atomic E-state index is 0.326. The number of fused-ring (bicyclic) bond motifs is 1. The largest absolute Gasteiger partial charge is 0.399 e. The normalized spacial score (nSPS) is 10.8. The lowest BCUT2D eigenvalue weighted by Crippen LogP contribution is -2.12. The first-order chi connectivity index (χ1) is 10.0. The van der Waals surface area contributed by atoms with Crippen LogP contribution in [-0.4, -0.2) is 10.9 Å². The molecule has 1 amide bonds. The zero-order valence-corrected chi connectivity index (χ0v) is 11.4. The minimum Gasteiger partial charge on any atom is -0.399 e. The fourth-order valence-corrected chi connectivity index (χ4v) is 2.14. The quantitative estimate of drug-likeness (QED) is 0.630. The van der Waals surface area contributed by atoms with E-state index in [1.54, 1.807) is 37.3 Å². The summed E-state index contributed by atoms with van der Waals surface area (Å²) in [5, 5.41) is 3.52. The summed E-state index contributed by atoms with van der Waals surface area (Å²) in [5.41, 5.74) is 8.52. The topological polar surface area (TPSA) is 70.9 Å². The Hall–Kier alpha value is -2.82. The van der Waals surface area contributed by atoms with Crippen molar-refractivity contribution in [3.05, 3.63) is 59.5 Å². The molecule has 0 saturated heterocycles. The average Bonchev–Trinajstić information content (AvgIpc) is 2.86. The molecule has 5 heteroatoms. The highest BCUT2D eigenvalue weighted by Crippen LogP contribution is 2.20. The number of H-pyrrole nitrogens is 1. The van der Waals surface area contributed by atoms with E-state index in [2.05, 4.69) is 10.3 Å². The highest BCUT2D eigenvalue weighted by Gasteiger charge is 2.10. The monoisotopic (exact) mass is 283 g/mol. The van der Waals surface area contributed by atoms with E-state index in [9.17, 15) is 9.18 Å². The van der Waals surface area contributed by atoms with Gasteiger partial charge in [-0.2, -0.15) is 0 Å². The van der Waals surface area contributed by atoms with Crippen molar-refractivity contribution >= 4 is 28.2 Å². The molecule has 3 aromatic rings. The summed E-state index contributed by atoms with van der Waals surface area (Å²) < 4.78 is 13.5. The molecular weight excluding hydrogens is 269 g/mol. The molecule has 0 atom stereocenters. The highest BCUT2D eigenvalue weighted by molar-refractivity contribution is 6.06. The molecule has 0 bridgehead atoms. The van der Waals surface area contributed by atoms with Gasteiger partial charge in [0.1, 0.15) is 11.5 Å². The van der Waals surface area contributed by atoms with Crippen molar-refractivity contribution in [3.63, 3.8) is 0 Å². The zero-order valence-electron chi connectivity index (χ0n) is 11.4. The van der Waals surface area contributed by atoms with Gasteiger partial charge in [-0.25, -0.2) is 4.39 Å². The molecule has 1 aromatic heterocycles. The number of hydrogen-bond donors (Lipinski definition) is 3. The number of carbonyl (C=O) groups is 1. The maximum absolute atomic E-state index is 13.5. The lowest BCUT2D eigenvalue weighted by atomic mass is 10.2. The maximum atomic E-state index is 13.5. The highest BCUT2D eigenvalue weighted by atomic mass is 19.1. The van der Waals surface area contributed by atoms with Gasteiger partial charge in [-0.3, -0.25) is 4.79 Å². The van der Waals surface area contributed by atoms with E-state index in [1.807, 2.05) is 6.07 Å². The van der Waals surface area contributed by atoms with Gasteiger partial charge in [0.2, 0.25) is 0 Å². The Morgan fingerprint density at radius 1 is 1.19 bits per heavy atom. The third-order valence-corrected chi connectivity index (χ3v) is 3.32. The van der Waals surface area contributed by atoms with Crippen LogP contribution >= 0.6 is 0 Å². The Morgan fingerprint density at radius 3 is 2.76 bits per heavy atom. The van der Waals surface area contributed by atoms with Gasteiger partial charge in [0.05, 0.1) is 0 Å². The third-order valence-electron chi connectivity index (χ3n) is 3.32. The van der Waals surface area contributed by atoms with Crippen molar-refractivity contribution in [2.24, 2.45) is 0 Å². The molecule has 106 valence electrons. The number of carbonyl (C=O) groups excluding carboxylic acids is 1. The molecule has 2 aromatic carbocycles. The summed E-state index contributed by atoms with van der Waals surface area (Å²) in [7, 11) is 0. The Kier molecular flexibility index (Phi) is 3.10. The van der Waals surface area contributed by atoms with Crippen LogP contribution in [0.2, 0.25) is 0 Å². The number of aryl methyl sites for hydroxylation is 1. The summed E-state index contributed by atoms with van der Waals surface area (Å²) in [5.74, 6) is -0.676. The molecule has 0 unspecified atom stereocenters. The van der Waals surface area contributed by atoms with Crippen LogP contribution in [0, 0.1) is 12.7 Å². The molecule has 0 aliphatic heterocycles. The van der Waals surface area contributed by atoms with Gasteiger partial charge in [-0.15, -0.1) is 0 Å². The molecule has 0 fully saturated rings. The first-order valence-corrected chi connectivity index (χ1v) is 6.49. The average molecular weight is 283 g/mol. The van der Waals surface area contributed by atoms with E-state index >= 15 is 0 Å². The van der Waals surface area contributed by atoms with E-state index in [0.29, 0.717) is 22.6 Å². The van der Waals surface area contributed by atoms with Gasteiger partial charge in [0.25, 0.3) is 5.91 Å². The number of rotatable bonds is 2. The minimum atomic E-state index is -0.350. The van der Waals surface area contributed by atoms with Gasteiger partial charge in [0, 0.05) is 22.3 Å². The molecule has 0 spiro atoms. The summed E-state index contributed by atoms with van der Waals surface area (Å²) in [6, 6.07) is 11.7. The van der Waals surface area contributed by atoms with Gasteiger partial charge in [-0.05, 0) is 48.9 Å². The van der Waals surface area contributed by atoms with Crippen molar-refractivity contribution in [1.29, 1.82) is 0 Å². The lowest BCUT2D eigenvalue weighted by Gasteiger charge is -2.04. The number of anilines is 2. The number of nitrogens with two attached hydrogens (primary N) is 1. The number of benzene rings is 2. The van der Waals surface area contributed by atoms with Gasteiger partial charge in [0.15, 0.2) is 0 Å². The predicted octanol–water partition coefficient (Wildman–Crippen LogP) is 3.45. The zero-order chi connectivity index (χ0) is 15.0. The van der Waals surface area contributed by atoms with Crippen LogP contribution in [0.3, 0.4) is 0 Å². The second kappa shape index (κ2) is 4.94. The fraction of sp³-hybridized carbons (Fsp3) is 0.0625. The summed E-state index contributed by atoms with van der Waals surface area (Å²) in [6.07, 6.45) is 0. The van der Waals surface area contributed by atoms with E-state index in [0.717, 1.165) is 10.9 Å². The number of aromatic nitrogens is 1. The Morgan fingerprint density at radius 2 is 2.00 bits per heavy atom. The fourth-order valence-electron chi connectivity index (χ4n) is 2.14. The third kappa shape index (κ3) is 2.58. The summed E-state index contributed by atoms with van der Waals surface area (Å²) in [4.78, 5) is 15.2. The van der Waals surface area contributed by atoms with Crippen LogP contribution in [0.5, 0.6) is 0 Å². The smallest absolute Gasteiger partial charge is 0.272 e. The molecule has 4 N–H and O–H groups in total. The second-order valence-electron chi connectivity index (χ2n) is 4.95. The van der Waals surface area contributed by atoms with Crippen LogP contribution in [0.4, 0.5) is 15.8 Å². The van der Waals surface area contributed by atoms with E-state index in [1.165, 1.54) is 6.07 Å². The Bertz CT molecular complexity index is 839. The molecule has 1 heterocycles. The Labute approximate surface area is 120 Å². The second-order valence-corrected chi connectivity index (χ2v) is 4.95. The molecule has 0 aliphatic carbocycles. The number of hydrogen-bond acceptors (Lipinski definition) is 2. The molecule has 4 nitrogen and oxygen atoms in total. The first-order valence-electron chi connectivity index (χ1n) is 6.49. The van der Waals surface area contributed by atoms with Crippen molar-refractivity contribution in [2.45, 2.75) is 6.92 Å². The van der Waals surface area contributed by atoms with Crippen LogP contribution in [0.1, 0.15) is 16.1 Å². The molecule has 3 rings (SSSR count). The van der Waals surface area contributed by atoms with Crippen LogP contribution in [0.25, 0.3) is 10.9 Å². The van der Waals surface area contributed by atoms with E-state index in [-0.39, 0.29) is 11.7 Å². The van der Waals surface area contributed by atoms with Crippen molar-refractivity contribution in [2.75, 3.05) is 11.1 Å². The van der Waals surface area contributed by atoms with Crippen LogP contribution in [-0.2, 0) is 0 Å². The maximum Gasteiger partial charge on any atom is 0.272 e. The SMILES string of the molecule is Cc1ccc(NC(=O)c2cc3cc(N)ccc3[nH]2)cc1F. The molecule has 0 aliphatic rings. The number of halogens is 1. The van der Waals surface area contributed by atoms with Crippen molar-refractivity contribution in [1.82, 2.24) is 4.98 Å². The lowest BCUT2D eigenvalue weighted by molar-refractivity contribution is 0.102. The van der Waals surface area contributed by atoms with E-state index in [4.69, 9.17) is 5.73 Å². The number of nitrogen functional groups attached to an aromatic ring is 1. The number of nitrogens with one attached hydrogen (secondary N) is 2. The molecule has 0 saturated carbocycles. The molecular formula is C16H14FN3O. The number of aromatic amines is 1. The summed E-state index contributed by atoms with van der Waals surface area (Å²) >= 11 is 0. The van der Waals surface area contributed by atoms with E-state index < -0.39 is 0 Å². The standard InChI is InChI=1S/C16H14FN3O/c1-9-2-4-12(8-13(9)17)19-16(21)15-7-10-6-11(18)3-5-14(10)20-15/h2-8,20H,18H2,1H3,(H,19,21). The van der Waals surface area contributed by atoms with Gasteiger partial charge in [-0.1, -0.05) is 6.07 Å². The van der Waals surface area contributed by atoms with Crippen LogP contribution in [0.15, 0.2) is 42.5 Å². The molecule has 21 heavy (non-hydrogen) atoms. The van der Waals surface area contributed by atoms with Gasteiger partial charge >= 0.3 is 0 Å². The van der Waals surface area contributed by atoms with Crippen molar-refractivity contribution < 1.29 is 9.18 Å². The Balaban J connectivity index is 1.87. The molecule has 0 radical (unpaired) electrons. The van der Waals surface area contributed by atoms with Gasteiger partial charge < -0.3 is 16.0 Å².